The summed E-state index contributed by atoms with van der Waals surface area (Å²) in [5, 5.41) is 31.6. The Hall–Kier alpha value is -4.21. The van der Waals surface area contributed by atoms with Crippen LogP contribution >= 0.6 is 0 Å². The van der Waals surface area contributed by atoms with Crippen LogP contribution in [0, 0.1) is 0 Å². The van der Waals surface area contributed by atoms with Crippen molar-refractivity contribution in [1.82, 2.24) is 30.4 Å². The van der Waals surface area contributed by atoms with E-state index in [1.165, 1.54) is 0 Å². The standard InChI is InChI=1S/C19H15N7O3/c1-29-13-7-3-4-10(9-13)15-14-16(18(28)22-21-15)20-19-23-24-25-26(19)17(14)11-5-2-6-12(27)8-11/h2-9,17,27H,1H3,(H,22,28)(H,20,23,25). The van der Waals surface area contributed by atoms with Crippen molar-refractivity contribution in [3.63, 3.8) is 0 Å². The average molecular weight is 389 g/mol. The molecule has 4 aromatic rings. The zero-order valence-corrected chi connectivity index (χ0v) is 15.2. The fourth-order valence-corrected chi connectivity index (χ4v) is 3.53. The quantitative estimate of drug-likeness (QED) is 0.426. The molecule has 10 nitrogen and oxygen atoms in total. The van der Waals surface area contributed by atoms with Crippen molar-refractivity contribution in [2.45, 2.75) is 6.04 Å². The lowest BCUT2D eigenvalue weighted by Crippen LogP contribution is -2.29. The summed E-state index contributed by atoms with van der Waals surface area (Å²) >= 11 is 0. The summed E-state index contributed by atoms with van der Waals surface area (Å²) in [6.45, 7) is 0. The predicted octanol–water partition coefficient (Wildman–Crippen LogP) is 1.83. The van der Waals surface area contributed by atoms with Crippen LogP contribution in [0.2, 0.25) is 0 Å². The first-order valence-corrected chi connectivity index (χ1v) is 8.76. The minimum absolute atomic E-state index is 0.0953. The highest BCUT2D eigenvalue weighted by molar-refractivity contribution is 5.76. The Bertz CT molecular complexity index is 1280. The molecule has 29 heavy (non-hydrogen) atoms. The number of methoxy groups -OCH3 is 1. The van der Waals surface area contributed by atoms with Gasteiger partial charge in [0.15, 0.2) is 0 Å². The molecular formula is C19H15N7O3. The molecule has 0 amide bonds. The van der Waals surface area contributed by atoms with Crippen LogP contribution in [0.1, 0.15) is 17.2 Å². The molecule has 0 saturated heterocycles. The fourth-order valence-electron chi connectivity index (χ4n) is 3.53. The zero-order chi connectivity index (χ0) is 20.0. The van der Waals surface area contributed by atoms with Crippen molar-refractivity contribution in [2.24, 2.45) is 0 Å². The molecule has 3 heterocycles. The van der Waals surface area contributed by atoms with Crippen LogP contribution in [0.25, 0.3) is 11.3 Å². The number of ether oxygens (including phenoxy) is 1. The Balaban J connectivity index is 1.82. The number of hydrogen-bond donors (Lipinski definition) is 3. The number of phenolic OH excluding ortho intramolecular Hbond substituents is 1. The topological polar surface area (TPSA) is 131 Å². The van der Waals surface area contributed by atoms with Crippen LogP contribution in [0.3, 0.4) is 0 Å². The Morgan fingerprint density at radius 2 is 2.03 bits per heavy atom. The highest BCUT2D eigenvalue weighted by Crippen LogP contribution is 2.41. The molecule has 1 aliphatic heterocycles. The van der Waals surface area contributed by atoms with Crippen molar-refractivity contribution in [3.8, 4) is 22.8 Å². The number of nitrogens with one attached hydrogen (secondary N) is 2. The third-order valence-electron chi connectivity index (χ3n) is 4.80. The van der Waals surface area contributed by atoms with Crippen molar-refractivity contribution >= 4 is 11.6 Å². The highest BCUT2D eigenvalue weighted by Gasteiger charge is 2.34. The van der Waals surface area contributed by atoms with Crippen molar-refractivity contribution in [1.29, 1.82) is 0 Å². The number of benzene rings is 2. The van der Waals surface area contributed by atoms with Gasteiger partial charge >= 0.3 is 0 Å². The Kier molecular flexibility index (Phi) is 3.76. The van der Waals surface area contributed by atoms with Gasteiger partial charge in [-0.15, -0.1) is 0 Å². The van der Waals surface area contributed by atoms with Gasteiger partial charge in [-0.2, -0.15) is 9.78 Å². The normalized spacial score (nSPS) is 14.6. The van der Waals surface area contributed by atoms with Crippen LogP contribution in [0.4, 0.5) is 11.6 Å². The maximum atomic E-state index is 12.6. The molecule has 0 radical (unpaired) electrons. The van der Waals surface area contributed by atoms with Gasteiger partial charge in [-0.05, 0) is 40.3 Å². The summed E-state index contributed by atoms with van der Waals surface area (Å²) in [6, 6.07) is 13.5. The molecule has 0 aliphatic carbocycles. The van der Waals surface area contributed by atoms with E-state index < -0.39 is 11.6 Å². The van der Waals surface area contributed by atoms with E-state index in [4.69, 9.17) is 4.74 Å². The van der Waals surface area contributed by atoms with Gasteiger partial charge in [0.25, 0.3) is 5.56 Å². The number of aromatic amines is 1. The van der Waals surface area contributed by atoms with Gasteiger partial charge in [-0.3, -0.25) is 4.79 Å². The average Bonchev–Trinajstić information content (AvgIpc) is 3.21. The van der Waals surface area contributed by atoms with Crippen LogP contribution in [-0.2, 0) is 0 Å². The number of aromatic nitrogens is 6. The molecule has 2 aromatic carbocycles. The second-order valence-corrected chi connectivity index (χ2v) is 6.49. The lowest BCUT2D eigenvalue weighted by atomic mass is 9.92. The van der Waals surface area contributed by atoms with Crippen molar-refractivity contribution < 1.29 is 9.84 Å². The molecule has 1 aliphatic rings. The largest absolute Gasteiger partial charge is 0.508 e. The Morgan fingerprint density at radius 3 is 2.86 bits per heavy atom. The van der Waals surface area contributed by atoms with Crippen LogP contribution in [-0.4, -0.2) is 42.6 Å². The summed E-state index contributed by atoms with van der Waals surface area (Å²) in [5.74, 6) is 1.07. The lowest BCUT2D eigenvalue weighted by Gasteiger charge is -2.27. The molecule has 1 atom stereocenters. The molecule has 0 spiro atoms. The van der Waals surface area contributed by atoms with Crippen LogP contribution in [0.5, 0.6) is 11.5 Å². The predicted molar refractivity (Wildman–Crippen MR) is 103 cm³/mol. The van der Waals surface area contributed by atoms with Gasteiger partial charge in [-0.25, -0.2) is 5.10 Å². The summed E-state index contributed by atoms with van der Waals surface area (Å²) in [7, 11) is 1.58. The molecule has 10 heteroatoms. The van der Waals surface area contributed by atoms with E-state index in [2.05, 4.69) is 31.0 Å². The molecular weight excluding hydrogens is 374 g/mol. The number of nitrogens with zero attached hydrogens (tertiary/aromatic N) is 5. The van der Waals surface area contributed by atoms with Crippen molar-refractivity contribution in [2.75, 3.05) is 12.4 Å². The van der Waals surface area contributed by atoms with E-state index in [0.29, 0.717) is 34.2 Å². The van der Waals surface area contributed by atoms with E-state index in [9.17, 15) is 9.90 Å². The highest BCUT2D eigenvalue weighted by atomic mass is 16.5. The number of hydrogen-bond acceptors (Lipinski definition) is 8. The van der Waals surface area contributed by atoms with Gasteiger partial charge in [-0.1, -0.05) is 29.4 Å². The van der Waals surface area contributed by atoms with Gasteiger partial charge < -0.3 is 15.2 Å². The minimum atomic E-state index is -0.570. The van der Waals surface area contributed by atoms with E-state index in [1.807, 2.05) is 30.3 Å². The van der Waals surface area contributed by atoms with E-state index in [-0.39, 0.29) is 5.75 Å². The van der Waals surface area contributed by atoms with E-state index in [0.717, 1.165) is 5.56 Å². The maximum Gasteiger partial charge on any atom is 0.288 e. The molecule has 2 aromatic heterocycles. The smallest absolute Gasteiger partial charge is 0.288 e. The van der Waals surface area contributed by atoms with E-state index >= 15 is 0 Å². The number of tetrazole rings is 1. The van der Waals surface area contributed by atoms with Crippen molar-refractivity contribution in [3.05, 3.63) is 70.0 Å². The number of aromatic hydroxyl groups is 1. The number of anilines is 2. The van der Waals surface area contributed by atoms with E-state index in [1.54, 1.807) is 30.0 Å². The van der Waals surface area contributed by atoms with Gasteiger partial charge in [0, 0.05) is 11.1 Å². The van der Waals surface area contributed by atoms with Gasteiger partial charge in [0.05, 0.1) is 12.8 Å². The summed E-state index contributed by atoms with van der Waals surface area (Å²) < 4.78 is 6.89. The van der Waals surface area contributed by atoms with Crippen LogP contribution < -0.4 is 15.6 Å². The lowest BCUT2D eigenvalue weighted by molar-refractivity contribution is 0.415. The molecule has 0 saturated carbocycles. The first-order valence-electron chi connectivity index (χ1n) is 8.76. The summed E-state index contributed by atoms with van der Waals surface area (Å²) in [4.78, 5) is 12.6. The third kappa shape index (κ3) is 2.69. The Labute approximate surface area is 163 Å². The van der Waals surface area contributed by atoms with Crippen LogP contribution in [0.15, 0.2) is 53.3 Å². The fraction of sp³-hybridized carbons (Fsp3) is 0.105. The molecule has 5 rings (SSSR count). The molecule has 1 unspecified atom stereocenters. The third-order valence-corrected chi connectivity index (χ3v) is 4.80. The first kappa shape index (κ1) is 16.9. The summed E-state index contributed by atoms with van der Waals surface area (Å²) in [6.07, 6.45) is 0. The zero-order valence-electron chi connectivity index (χ0n) is 15.2. The Morgan fingerprint density at radius 1 is 1.17 bits per heavy atom. The first-order chi connectivity index (χ1) is 14.2. The molecule has 0 bridgehead atoms. The molecule has 3 N–H and O–H groups in total. The molecule has 0 fully saturated rings. The number of fused-ring (bicyclic) bond motifs is 2. The SMILES string of the molecule is COc1cccc(-c2n[nH]c(=O)c3c2C(c2cccc(O)c2)n2nnnc2N3)c1. The summed E-state index contributed by atoms with van der Waals surface area (Å²) in [5.41, 5.74) is 2.49. The number of phenols is 1. The molecule has 144 valence electrons. The van der Waals surface area contributed by atoms with Gasteiger partial charge in [0.2, 0.25) is 5.95 Å². The number of rotatable bonds is 3. The monoisotopic (exact) mass is 389 g/mol. The van der Waals surface area contributed by atoms with Gasteiger partial charge in [0.1, 0.15) is 23.2 Å². The maximum absolute atomic E-state index is 12.6. The second kappa shape index (κ2) is 6.44. The second-order valence-electron chi connectivity index (χ2n) is 6.49. The minimum Gasteiger partial charge on any atom is -0.508 e. The number of H-pyrrole nitrogens is 1.